The minimum Gasteiger partial charge on any atom is -0.484 e. The molecule has 0 saturated heterocycles. The van der Waals surface area contributed by atoms with Gasteiger partial charge in [0.25, 0.3) is 5.91 Å². The maximum absolute atomic E-state index is 11.8. The molecule has 166 valence electrons. The predicted octanol–water partition coefficient (Wildman–Crippen LogP) is 2.52. The molecule has 3 rings (SSSR count). The molecule has 1 aliphatic rings. The lowest BCUT2D eigenvalue weighted by molar-refractivity contribution is -0.123. The van der Waals surface area contributed by atoms with Crippen molar-refractivity contribution >= 4 is 11.9 Å². The van der Waals surface area contributed by atoms with Gasteiger partial charge >= 0.3 is 0 Å². The number of ether oxygens (including phenoxy) is 1. The summed E-state index contributed by atoms with van der Waals surface area (Å²) in [5.41, 5.74) is 1.90. The Labute approximate surface area is 183 Å². The monoisotopic (exact) mass is 424 g/mol. The van der Waals surface area contributed by atoms with Crippen LogP contribution in [-0.2, 0) is 11.3 Å². The van der Waals surface area contributed by atoms with Crippen molar-refractivity contribution in [1.82, 2.24) is 16.0 Å². The summed E-state index contributed by atoms with van der Waals surface area (Å²) in [5, 5.41) is 19.7. The molecule has 0 spiro atoms. The van der Waals surface area contributed by atoms with Gasteiger partial charge in [-0.15, -0.1) is 0 Å². The van der Waals surface area contributed by atoms with Crippen LogP contribution in [-0.4, -0.2) is 42.7 Å². The third-order valence-electron chi connectivity index (χ3n) is 4.87. The molecule has 0 bridgehead atoms. The van der Waals surface area contributed by atoms with E-state index in [0.717, 1.165) is 30.5 Å². The quantitative estimate of drug-likeness (QED) is 0.328. The predicted molar refractivity (Wildman–Crippen MR) is 122 cm³/mol. The molecular weight excluding hydrogens is 392 g/mol. The van der Waals surface area contributed by atoms with Gasteiger partial charge in [-0.25, -0.2) is 4.99 Å². The van der Waals surface area contributed by atoms with Gasteiger partial charge in [0.2, 0.25) is 0 Å². The van der Waals surface area contributed by atoms with Crippen molar-refractivity contribution in [3.05, 3.63) is 65.7 Å². The topological polar surface area (TPSA) is 95.0 Å². The Morgan fingerprint density at radius 1 is 1.16 bits per heavy atom. The maximum atomic E-state index is 11.8. The van der Waals surface area contributed by atoms with Crippen LogP contribution in [0.4, 0.5) is 0 Å². The number of rotatable bonds is 11. The normalized spacial score (nSPS) is 14.6. The van der Waals surface area contributed by atoms with Crippen molar-refractivity contribution in [2.75, 3.05) is 19.7 Å². The lowest BCUT2D eigenvalue weighted by atomic mass is 10.1. The van der Waals surface area contributed by atoms with Gasteiger partial charge in [0.1, 0.15) is 5.75 Å². The Bertz CT molecular complexity index is 853. The van der Waals surface area contributed by atoms with E-state index in [1.54, 1.807) is 0 Å². The zero-order valence-electron chi connectivity index (χ0n) is 18.0. The average molecular weight is 425 g/mol. The highest BCUT2D eigenvalue weighted by Crippen LogP contribution is 2.19. The number of nitrogens with one attached hydrogen (secondary N) is 3. The van der Waals surface area contributed by atoms with E-state index in [1.165, 1.54) is 0 Å². The molecule has 0 radical (unpaired) electrons. The van der Waals surface area contributed by atoms with Gasteiger partial charge in [-0.3, -0.25) is 4.79 Å². The summed E-state index contributed by atoms with van der Waals surface area (Å²) in [6.07, 6.45) is 2.20. The maximum Gasteiger partial charge on any atom is 0.258 e. The van der Waals surface area contributed by atoms with E-state index in [2.05, 4.69) is 20.9 Å². The molecule has 0 aliphatic heterocycles. The first-order valence-electron chi connectivity index (χ1n) is 10.9. The van der Waals surface area contributed by atoms with Crippen LogP contribution >= 0.6 is 0 Å². The fraction of sp³-hybridized carbons (Fsp3) is 0.417. The van der Waals surface area contributed by atoms with Crippen molar-refractivity contribution in [2.45, 2.75) is 44.9 Å². The van der Waals surface area contributed by atoms with Gasteiger partial charge in [0.05, 0.1) is 12.6 Å². The summed E-state index contributed by atoms with van der Waals surface area (Å²) in [6.45, 7) is 3.85. The van der Waals surface area contributed by atoms with E-state index >= 15 is 0 Å². The largest absolute Gasteiger partial charge is 0.484 e. The first-order valence-corrected chi connectivity index (χ1v) is 10.9. The number of guanidine groups is 1. The average Bonchev–Trinajstić information content (AvgIpc) is 3.61. The number of aliphatic hydroxyl groups is 1. The molecule has 7 heteroatoms. The second-order valence-corrected chi connectivity index (χ2v) is 7.61. The van der Waals surface area contributed by atoms with Gasteiger partial charge in [0, 0.05) is 19.1 Å². The third-order valence-corrected chi connectivity index (χ3v) is 4.87. The van der Waals surface area contributed by atoms with Crippen LogP contribution in [0.25, 0.3) is 0 Å². The molecule has 2 aromatic rings. The van der Waals surface area contributed by atoms with Crippen molar-refractivity contribution in [3.63, 3.8) is 0 Å². The van der Waals surface area contributed by atoms with Gasteiger partial charge in [-0.05, 0) is 49.4 Å². The lowest BCUT2D eigenvalue weighted by Crippen LogP contribution is -2.38. The van der Waals surface area contributed by atoms with E-state index < -0.39 is 6.10 Å². The molecule has 1 amide bonds. The smallest absolute Gasteiger partial charge is 0.258 e. The van der Waals surface area contributed by atoms with Crippen molar-refractivity contribution < 1.29 is 14.6 Å². The number of carbonyl (C=O) groups excluding carboxylic acids is 1. The number of carbonyl (C=O) groups is 1. The fourth-order valence-electron chi connectivity index (χ4n) is 3.06. The molecule has 31 heavy (non-hydrogen) atoms. The molecule has 1 saturated carbocycles. The zero-order valence-corrected chi connectivity index (χ0v) is 18.0. The number of benzene rings is 2. The third kappa shape index (κ3) is 8.30. The minimum atomic E-state index is -0.512. The summed E-state index contributed by atoms with van der Waals surface area (Å²) >= 11 is 0. The van der Waals surface area contributed by atoms with Gasteiger partial charge < -0.3 is 25.8 Å². The molecule has 1 unspecified atom stereocenters. The molecule has 7 nitrogen and oxygen atoms in total. The lowest BCUT2D eigenvalue weighted by Gasteiger charge is -2.14. The fourth-order valence-corrected chi connectivity index (χ4v) is 3.06. The van der Waals surface area contributed by atoms with Gasteiger partial charge in [0.15, 0.2) is 12.6 Å². The van der Waals surface area contributed by atoms with Crippen molar-refractivity contribution in [1.29, 1.82) is 0 Å². The molecule has 1 atom stereocenters. The van der Waals surface area contributed by atoms with Crippen LogP contribution in [0.3, 0.4) is 0 Å². The first kappa shape index (κ1) is 22.6. The molecule has 2 aromatic carbocycles. The Hall–Kier alpha value is -3.06. The van der Waals surface area contributed by atoms with Crippen LogP contribution in [0.5, 0.6) is 5.75 Å². The number of nitrogens with zero attached hydrogens (tertiary/aromatic N) is 1. The first-order chi connectivity index (χ1) is 15.1. The molecule has 1 aliphatic carbocycles. The number of amides is 1. The van der Waals surface area contributed by atoms with E-state index in [9.17, 15) is 9.90 Å². The van der Waals surface area contributed by atoms with Crippen LogP contribution < -0.4 is 20.7 Å². The van der Waals surface area contributed by atoms with E-state index in [1.807, 2.05) is 61.5 Å². The zero-order chi connectivity index (χ0) is 21.9. The highest BCUT2D eigenvalue weighted by atomic mass is 16.5. The molecular formula is C24H32N4O3. The Morgan fingerprint density at radius 2 is 1.97 bits per heavy atom. The standard InChI is InChI=1S/C24H32N4O3/c1-2-25-24(26-14-13-22(29)19-8-4-3-5-9-19)27-16-18-7-6-10-21(15-18)31-17-23(30)28-20-11-12-20/h3-10,15,20,22,29H,2,11-14,16-17H2,1H3,(H,28,30)(H2,25,26,27). The highest BCUT2D eigenvalue weighted by Gasteiger charge is 2.23. The highest BCUT2D eigenvalue weighted by molar-refractivity contribution is 5.79. The Balaban J connectivity index is 1.46. The number of aliphatic hydroxyl groups excluding tert-OH is 1. The van der Waals surface area contributed by atoms with Crippen LogP contribution in [0.2, 0.25) is 0 Å². The van der Waals surface area contributed by atoms with Crippen molar-refractivity contribution in [3.8, 4) is 5.75 Å². The van der Waals surface area contributed by atoms with Crippen LogP contribution in [0, 0.1) is 0 Å². The molecule has 0 heterocycles. The van der Waals surface area contributed by atoms with E-state index in [4.69, 9.17) is 4.74 Å². The molecule has 0 aromatic heterocycles. The van der Waals surface area contributed by atoms with E-state index in [-0.39, 0.29) is 12.5 Å². The Kier molecular flexibility index (Phi) is 8.72. The summed E-state index contributed by atoms with van der Waals surface area (Å²) < 4.78 is 5.61. The molecule has 4 N–H and O–H groups in total. The van der Waals surface area contributed by atoms with Crippen molar-refractivity contribution in [2.24, 2.45) is 4.99 Å². The number of hydrogen-bond donors (Lipinski definition) is 4. The minimum absolute atomic E-state index is 0.0250. The second kappa shape index (κ2) is 12.0. The van der Waals surface area contributed by atoms with Crippen LogP contribution in [0.15, 0.2) is 59.6 Å². The Morgan fingerprint density at radius 3 is 2.71 bits per heavy atom. The molecule has 1 fully saturated rings. The van der Waals surface area contributed by atoms with Gasteiger partial charge in [-0.2, -0.15) is 0 Å². The second-order valence-electron chi connectivity index (χ2n) is 7.61. The summed E-state index contributed by atoms with van der Waals surface area (Å²) in [7, 11) is 0. The SMILES string of the molecule is CCNC(=NCc1cccc(OCC(=O)NC2CC2)c1)NCCC(O)c1ccccc1. The number of hydrogen-bond acceptors (Lipinski definition) is 4. The van der Waals surface area contributed by atoms with E-state index in [0.29, 0.717) is 37.3 Å². The summed E-state index contributed by atoms with van der Waals surface area (Å²) in [4.78, 5) is 16.4. The van der Waals surface area contributed by atoms with Gasteiger partial charge in [-0.1, -0.05) is 42.5 Å². The van der Waals surface area contributed by atoms with Crippen LogP contribution in [0.1, 0.15) is 43.4 Å². The summed E-state index contributed by atoms with van der Waals surface area (Å²) in [6, 6.07) is 17.6. The summed E-state index contributed by atoms with van der Waals surface area (Å²) in [5.74, 6) is 1.27. The number of aliphatic imine (C=N–C) groups is 1.